The molecule has 0 radical (unpaired) electrons. The molecule has 0 amide bonds. The number of aliphatic hydroxyl groups excluding tert-OH is 1. The van der Waals surface area contributed by atoms with Crippen molar-refractivity contribution in [3.63, 3.8) is 0 Å². The maximum absolute atomic E-state index is 9.46. The number of nitrogens with zero attached hydrogens (tertiary/aromatic N) is 1. The molecule has 3 heteroatoms. The number of aliphatic hydroxyl groups is 1. The summed E-state index contributed by atoms with van der Waals surface area (Å²) in [5.74, 6) is 1.13. The van der Waals surface area contributed by atoms with E-state index in [2.05, 4.69) is 36.1 Å². The molecule has 1 aliphatic rings. The van der Waals surface area contributed by atoms with Crippen LogP contribution in [0.25, 0.3) is 0 Å². The monoisotopic (exact) mass is 265 g/mol. The lowest BCUT2D eigenvalue weighted by molar-refractivity contribution is 0.0832. The van der Waals surface area contributed by atoms with Crippen molar-refractivity contribution in [1.82, 2.24) is 4.90 Å². The van der Waals surface area contributed by atoms with Crippen molar-refractivity contribution in [2.75, 3.05) is 25.4 Å². The van der Waals surface area contributed by atoms with Gasteiger partial charge in [-0.2, -0.15) is 0 Å². The fourth-order valence-electron chi connectivity index (χ4n) is 2.35. The van der Waals surface area contributed by atoms with Crippen molar-refractivity contribution >= 4 is 11.8 Å². The van der Waals surface area contributed by atoms with Gasteiger partial charge in [0, 0.05) is 24.5 Å². The summed E-state index contributed by atoms with van der Waals surface area (Å²) in [5, 5.41) is 9.46. The van der Waals surface area contributed by atoms with Crippen molar-refractivity contribution in [2.45, 2.75) is 37.2 Å². The normalized spacial score (nSPS) is 18.1. The third-order valence-corrected chi connectivity index (χ3v) is 4.40. The molecule has 0 unspecified atom stereocenters. The number of rotatable bonds is 5. The standard InChI is InChI=1S/C15H23NOS/c1-2-18-15-5-3-13(4-6-15)7-10-16-11-8-14(17)9-12-16/h3-6,14,17H,2,7-12H2,1H3. The molecule has 1 fully saturated rings. The highest BCUT2D eigenvalue weighted by Crippen LogP contribution is 2.18. The van der Waals surface area contributed by atoms with E-state index in [4.69, 9.17) is 0 Å². The van der Waals surface area contributed by atoms with Crippen LogP contribution in [0.2, 0.25) is 0 Å². The van der Waals surface area contributed by atoms with E-state index in [-0.39, 0.29) is 6.10 Å². The summed E-state index contributed by atoms with van der Waals surface area (Å²) >= 11 is 1.89. The van der Waals surface area contributed by atoms with Gasteiger partial charge in [-0.25, -0.2) is 0 Å². The first-order chi connectivity index (χ1) is 8.78. The van der Waals surface area contributed by atoms with Crippen molar-refractivity contribution in [3.8, 4) is 0 Å². The quantitative estimate of drug-likeness (QED) is 0.828. The van der Waals surface area contributed by atoms with Crippen LogP contribution in [-0.2, 0) is 6.42 Å². The van der Waals surface area contributed by atoms with E-state index in [1.807, 2.05) is 11.8 Å². The Morgan fingerprint density at radius 1 is 1.22 bits per heavy atom. The summed E-state index contributed by atoms with van der Waals surface area (Å²) in [6.45, 7) is 5.40. The van der Waals surface area contributed by atoms with E-state index in [0.29, 0.717) is 0 Å². The molecule has 0 aliphatic carbocycles. The topological polar surface area (TPSA) is 23.5 Å². The average Bonchev–Trinajstić information content (AvgIpc) is 2.40. The SMILES string of the molecule is CCSc1ccc(CCN2CCC(O)CC2)cc1. The minimum Gasteiger partial charge on any atom is -0.393 e. The Balaban J connectivity index is 1.76. The molecule has 1 saturated heterocycles. The second-order valence-corrected chi connectivity index (χ2v) is 6.24. The molecule has 1 N–H and O–H groups in total. The first-order valence-electron chi connectivity index (χ1n) is 6.90. The van der Waals surface area contributed by atoms with Crippen molar-refractivity contribution in [3.05, 3.63) is 29.8 Å². The molecule has 1 aromatic carbocycles. The summed E-state index contributed by atoms with van der Waals surface area (Å²) in [7, 11) is 0. The van der Waals surface area contributed by atoms with E-state index < -0.39 is 0 Å². The average molecular weight is 265 g/mol. The number of hydrogen-bond donors (Lipinski definition) is 1. The van der Waals surface area contributed by atoms with E-state index in [0.717, 1.165) is 44.6 Å². The molecule has 1 aromatic rings. The third-order valence-electron chi connectivity index (χ3n) is 3.51. The molecule has 0 bridgehead atoms. The molecule has 0 saturated carbocycles. The highest BCUT2D eigenvalue weighted by atomic mass is 32.2. The first kappa shape index (κ1) is 13.9. The maximum atomic E-state index is 9.46. The van der Waals surface area contributed by atoms with Crippen LogP contribution in [0.15, 0.2) is 29.2 Å². The fraction of sp³-hybridized carbons (Fsp3) is 0.600. The van der Waals surface area contributed by atoms with E-state index in [1.54, 1.807) is 0 Å². The molecule has 1 aliphatic heterocycles. The molecule has 18 heavy (non-hydrogen) atoms. The minimum atomic E-state index is -0.0633. The number of benzene rings is 1. The Kier molecular flexibility index (Phi) is 5.54. The lowest BCUT2D eigenvalue weighted by Gasteiger charge is -2.29. The van der Waals surface area contributed by atoms with Gasteiger partial charge < -0.3 is 10.0 Å². The molecule has 2 nitrogen and oxygen atoms in total. The number of likely N-dealkylation sites (tertiary alicyclic amines) is 1. The zero-order valence-corrected chi connectivity index (χ0v) is 12.0. The van der Waals surface area contributed by atoms with Gasteiger partial charge in [-0.3, -0.25) is 0 Å². The van der Waals surface area contributed by atoms with E-state index >= 15 is 0 Å². The highest BCUT2D eigenvalue weighted by molar-refractivity contribution is 7.99. The summed E-state index contributed by atoms with van der Waals surface area (Å²) in [4.78, 5) is 3.82. The number of piperidine rings is 1. The Morgan fingerprint density at radius 2 is 1.89 bits per heavy atom. The summed E-state index contributed by atoms with van der Waals surface area (Å²) in [6, 6.07) is 8.94. The van der Waals surface area contributed by atoms with E-state index in [1.165, 1.54) is 10.5 Å². The van der Waals surface area contributed by atoms with Crippen molar-refractivity contribution in [2.24, 2.45) is 0 Å². The van der Waals surface area contributed by atoms with Gasteiger partial charge in [0.1, 0.15) is 0 Å². The van der Waals surface area contributed by atoms with Gasteiger partial charge >= 0.3 is 0 Å². The van der Waals surface area contributed by atoms with Crippen LogP contribution in [0.1, 0.15) is 25.3 Å². The van der Waals surface area contributed by atoms with Gasteiger partial charge in [0.2, 0.25) is 0 Å². The molecule has 0 atom stereocenters. The van der Waals surface area contributed by atoms with E-state index in [9.17, 15) is 5.11 Å². The second kappa shape index (κ2) is 7.17. The second-order valence-electron chi connectivity index (χ2n) is 4.90. The van der Waals surface area contributed by atoms with Crippen LogP contribution in [0, 0.1) is 0 Å². The molecular weight excluding hydrogens is 242 g/mol. The van der Waals surface area contributed by atoms with Crippen molar-refractivity contribution in [1.29, 1.82) is 0 Å². The molecule has 2 rings (SSSR count). The zero-order valence-electron chi connectivity index (χ0n) is 11.1. The van der Waals surface area contributed by atoms with Crippen LogP contribution < -0.4 is 0 Å². The summed E-state index contributed by atoms with van der Waals surface area (Å²) in [6.07, 6.45) is 2.93. The molecular formula is C15H23NOS. The van der Waals surface area contributed by atoms with Crippen LogP contribution in [0.4, 0.5) is 0 Å². The number of thioether (sulfide) groups is 1. The van der Waals surface area contributed by atoms with Crippen LogP contribution in [0.5, 0.6) is 0 Å². The third kappa shape index (κ3) is 4.30. The molecule has 0 spiro atoms. The van der Waals surface area contributed by atoms with Gasteiger partial charge in [0.25, 0.3) is 0 Å². The lowest BCUT2D eigenvalue weighted by atomic mass is 10.1. The molecule has 1 heterocycles. The van der Waals surface area contributed by atoms with Gasteiger partial charge in [0.05, 0.1) is 6.10 Å². The Labute approximate surface area is 114 Å². The van der Waals surface area contributed by atoms with Crippen LogP contribution >= 0.6 is 11.8 Å². The van der Waals surface area contributed by atoms with Crippen LogP contribution in [0.3, 0.4) is 0 Å². The smallest absolute Gasteiger partial charge is 0.0564 e. The maximum Gasteiger partial charge on any atom is 0.0564 e. The van der Waals surface area contributed by atoms with Crippen LogP contribution in [-0.4, -0.2) is 41.5 Å². The zero-order chi connectivity index (χ0) is 12.8. The summed E-state index contributed by atoms with van der Waals surface area (Å²) in [5.41, 5.74) is 1.42. The Hall–Kier alpha value is -0.510. The fourth-order valence-corrected chi connectivity index (χ4v) is 3.01. The predicted molar refractivity (Wildman–Crippen MR) is 78.2 cm³/mol. The highest BCUT2D eigenvalue weighted by Gasteiger charge is 2.16. The number of hydrogen-bond acceptors (Lipinski definition) is 3. The molecule has 100 valence electrons. The Bertz CT molecular complexity index is 344. The Morgan fingerprint density at radius 3 is 2.50 bits per heavy atom. The van der Waals surface area contributed by atoms with Gasteiger partial charge in [-0.1, -0.05) is 19.1 Å². The largest absolute Gasteiger partial charge is 0.393 e. The van der Waals surface area contributed by atoms with Gasteiger partial charge in [-0.05, 0) is 42.7 Å². The van der Waals surface area contributed by atoms with Gasteiger partial charge in [-0.15, -0.1) is 11.8 Å². The lowest BCUT2D eigenvalue weighted by Crippen LogP contribution is -2.37. The van der Waals surface area contributed by atoms with Gasteiger partial charge in [0.15, 0.2) is 0 Å². The molecule has 0 aromatic heterocycles. The minimum absolute atomic E-state index is 0.0633. The summed E-state index contributed by atoms with van der Waals surface area (Å²) < 4.78 is 0. The first-order valence-corrected chi connectivity index (χ1v) is 7.88. The predicted octanol–water partition coefficient (Wildman–Crippen LogP) is 2.80. The van der Waals surface area contributed by atoms with Crippen molar-refractivity contribution < 1.29 is 5.11 Å².